The van der Waals surface area contributed by atoms with Gasteiger partial charge in [-0.1, -0.05) is 48.5 Å². The summed E-state index contributed by atoms with van der Waals surface area (Å²) in [6, 6.07) is 24.1. The van der Waals surface area contributed by atoms with Gasteiger partial charge in [0.1, 0.15) is 5.25 Å². The number of anilines is 1. The Morgan fingerprint density at radius 2 is 1.54 bits per heavy atom. The highest BCUT2D eigenvalue weighted by Crippen LogP contribution is 2.36. The van der Waals surface area contributed by atoms with E-state index in [0.717, 1.165) is 10.5 Å². The van der Waals surface area contributed by atoms with Crippen molar-refractivity contribution in [2.75, 3.05) is 11.6 Å². The van der Waals surface area contributed by atoms with Gasteiger partial charge in [-0.2, -0.15) is 0 Å². The lowest BCUT2D eigenvalue weighted by atomic mass is 10.1. The van der Waals surface area contributed by atoms with Gasteiger partial charge in [-0.3, -0.25) is 4.79 Å². The molecule has 1 unspecified atom stereocenters. The number of amides is 1. The molecule has 0 spiro atoms. The third-order valence-corrected chi connectivity index (χ3v) is 6.60. The molecule has 28 heavy (non-hydrogen) atoms. The molecule has 0 aliphatic carbocycles. The van der Waals surface area contributed by atoms with Crippen LogP contribution in [0, 0.1) is 6.92 Å². The fraction of sp³-hybridized carbons (Fsp3) is 0.136. The van der Waals surface area contributed by atoms with Gasteiger partial charge in [0.05, 0.1) is 4.90 Å². The Kier molecular flexibility index (Phi) is 6.21. The fourth-order valence-corrected chi connectivity index (χ4v) is 4.49. The second kappa shape index (κ2) is 8.63. The van der Waals surface area contributed by atoms with Crippen LogP contribution in [0.25, 0.3) is 0 Å². The van der Waals surface area contributed by atoms with Gasteiger partial charge >= 0.3 is 0 Å². The van der Waals surface area contributed by atoms with E-state index in [4.69, 9.17) is 0 Å². The molecular weight excluding hydrogens is 390 g/mol. The Bertz CT molecular complexity index is 1070. The summed E-state index contributed by atoms with van der Waals surface area (Å²) >= 11 is 1.47. The predicted octanol–water partition coefficient (Wildman–Crippen LogP) is 4.87. The quantitative estimate of drug-likeness (QED) is 0.588. The second-order valence-corrected chi connectivity index (χ2v) is 9.65. The average molecular weight is 412 g/mol. The van der Waals surface area contributed by atoms with E-state index in [1.54, 1.807) is 19.1 Å². The number of hydrogen-bond acceptors (Lipinski definition) is 4. The van der Waals surface area contributed by atoms with E-state index >= 15 is 0 Å². The van der Waals surface area contributed by atoms with Crippen LogP contribution >= 0.6 is 11.8 Å². The van der Waals surface area contributed by atoms with Crippen molar-refractivity contribution in [3.63, 3.8) is 0 Å². The molecule has 0 heterocycles. The van der Waals surface area contributed by atoms with E-state index in [0.29, 0.717) is 11.3 Å². The monoisotopic (exact) mass is 411 g/mol. The molecule has 0 aliphatic rings. The summed E-state index contributed by atoms with van der Waals surface area (Å²) < 4.78 is 23.4. The van der Waals surface area contributed by atoms with E-state index in [-0.39, 0.29) is 10.8 Å². The molecule has 0 fully saturated rings. The summed E-state index contributed by atoms with van der Waals surface area (Å²) in [5, 5.41) is 2.52. The Labute approximate surface area is 169 Å². The van der Waals surface area contributed by atoms with Gasteiger partial charge in [0.25, 0.3) is 0 Å². The minimum Gasteiger partial charge on any atom is -0.325 e. The van der Waals surface area contributed by atoms with Gasteiger partial charge in [-0.15, -0.1) is 11.8 Å². The Hall–Kier alpha value is -2.57. The van der Waals surface area contributed by atoms with Gasteiger partial charge in [-0.25, -0.2) is 8.42 Å². The molecule has 0 aliphatic heterocycles. The molecule has 1 N–H and O–H groups in total. The van der Waals surface area contributed by atoms with Crippen molar-refractivity contribution in [2.45, 2.75) is 22.0 Å². The fourth-order valence-electron chi connectivity index (χ4n) is 2.74. The molecule has 6 heteroatoms. The maximum Gasteiger partial charge on any atom is 0.242 e. The second-order valence-electron chi connectivity index (χ2n) is 6.46. The van der Waals surface area contributed by atoms with Crippen molar-refractivity contribution >= 4 is 33.2 Å². The summed E-state index contributed by atoms with van der Waals surface area (Å²) in [7, 11) is -3.29. The van der Waals surface area contributed by atoms with Gasteiger partial charge < -0.3 is 5.32 Å². The molecule has 144 valence electrons. The van der Waals surface area contributed by atoms with Crippen molar-refractivity contribution in [2.24, 2.45) is 0 Å². The largest absolute Gasteiger partial charge is 0.325 e. The molecule has 4 nitrogen and oxygen atoms in total. The van der Waals surface area contributed by atoms with Crippen molar-refractivity contribution in [1.82, 2.24) is 0 Å². The molecule has 0 radical (unpaired) electrons. The molecule has 0 saturated carbocycles. The maximum absolute atomic E-state index is 13.1. The summed E-state index contributed by atoms with van der Waals surface area (Å²) in [6.07, 6.45) is 1.17. The number of hydrogen-bond donors (Lipinski definition) is 1. The normalized spacial score (nSPS) is 12.4. The van der Waals surface area contributed by atoms with Crippen LogP contribution in [0.15, 0.2) is 88.7 Å². The Morgan fingerprint density at radius 1 is 0.929 bits per heavy atom. The highest BCUT2D eigenvalue weighted by atomic mass is 32.2. The molecule has 0 aromatic heterocycles. The smallest absolute Gasteiger partial charge is 0.242 e. The molecule has 3 aromatic rings. The van der Waals surface area contributed by atoms with Crippen molar-refractivity contribution < 1.29 is 13.2 Å². The van der Waals surface area contributed by atoms with E-state index in [1.165, 1.54) is 24.1 Å². The van der Waals surface area contributed by atoms with Crippen LogP contribution in [0.4, 0.5) is 5.69 Å². The molecule has 0 saturated heterocycles. The number of aryl methyl sites for hydroxylation is 1. The number of benzene rings is 3. The first-order valence-electron chi connectivity index (χ1n) is 8.73. The summed E-state index contributed by atoms with van der Waals surface area (Å²) in [6.45, 7) is 1.78. The first-order chi connectivity index (χ1) is 13.3. The predicted molar refractivity (Wildman–Crippen MR) is 114 cm³/mol. The minimum atomic E-state index is -3.29. The first kappa shape index (κ1) is 20.2. The van der Waals surface area contributed by atoms with Gasteiger partial charge in [0.15, 0.2) is 9.84 Å². The topological polar surface area (TPSA) is 63.2 Å². The number of thioether (sulfide) groups is 1. The van der Waals surface area contributed by atoms with Crippen LogP contribution in [0.5, 0.6) is 0 Å². The molecule has 3 aromatic carbocycles. The van der Waals surface area contributed by atoms with Gasteiger partial charge in [0.2, 0.25) is 5.91 Å². The van der Waals surface area contributed by atoms with Crippen LogP contribution in [0.3, 0.4) is 0 Å². The number of carbonyl (C=O) groups excluding carboxylic acids is 1. The maximum atomic E-state index is 13.1. The Balaban J connectivity index is 1.88. The number of rotatable bonds is 6. The minimum absolute atomic E-state index is 0.157. The molecule has 1 atom stereocenters. The van der Waals surface area contributed by atoms with Crippen LogP contribution in [0.1, 0.15) is 16.4 Å². The zero-order valence-corrected chi connectivity index (χ0v) is 17.3. The third-order valence-electron chi connectivity index (χ3n) is 4.22. The van der Waals surface area contributed by atoms with E-state index in [9.17, 15) is 13.2 Å². The SMILES string of the molecule is Cc1cc(S(C)(=O)=O)ccc1NC(=O)C(Sc1ccccc1)c1ccccc1. The van der Waals surface area contributed by atoms with Crippen molar-refractivity contribution in [3.05, 3.63) is 90.0 Å². The number of nitrogens with one attached hydrogen (secondary N) is 1. The average Bonchev–Trinajstić information content (AvgIpc) is 2.68. The van der Waals surface area contributed by atoms with Gasteiger partial charge in [-0.05, 0) is 48.4 Å². The van der Waals surface area contributed by atoms with E-state index < -0.39 is 15.1 Å². The van der Waals surface area contributed by atoms with Crippen LogP contribution in [-0.2, 0) is 14.6 Å². The van der Waals surface area contributed by atoms with E-state index in [1.807, 2.05) is 60.7 Å². The Morgan fingerprint density at radius 3 is 2.11 bits per heavy atom. The zero-order chi connectivity index (χ0) is 20.1. The standard InChI is InChI=1S/C22H21NO3S2/c1-16-15-19(28(2,25)26)13-14-20(16)23-22(24)21(17-9-5-3-6-10-17)27-18-11-7-4-8-12-18/h3-15,21H,1-2H3,(H,23,24). The first-order valence-corrected chi connectivity index (χ1v) is 11.5. The van der Waals surface area contributed by atoms with Crippen LogP contribution in [-0.4, -0.2) is 20.6 Å². The zero-order valence-electron chi connectivity index (χ0n) is 15.6. The van der Waals surface area contributed by atoms with E-state index in [2.05, 4.69) is 5.32 Å². The third kappa shape index (κ3) is 5.03. The highest BCUT2D eigenvalue weighted by Gasteiger charge is 2.23. The molecule has 1 amide bonds. The number of carbonyl (C=O) groups is 1. The summed E-state index contributed by atoms with van der Waals surface area (Å²) in [5.41, 5.74) is 2.21. The summed E-state index contributed by atoms with van der Waals surface area (Å²) in [5.74, 6) is -0.157. The van der Waals surface area contributed by atoms with Crippen LogP contribution < -0.4 is 5.32 Å². The highest BCUT2D eigenvalue weighted by molar-refractivity contribution is 8.00. The van der Waals surface area contributed by atoms with Crippen molar-refractivity contribution in [3.8, 4) is 0 Å². The van der Waals surface area contributed by atoms with Crippen LogP contribution in [0.2, 0.25) is 0 Å². The molecule has 3 rings (SSSR count). The lowest BCUT2D eigenvalue weighted by Gasteiger charge is -2.18. The lowest BCUT2D eigenvalue weighted by Crippen LogP contribution is -2.19. The number of sulfone groups is 1. The lowest BCUT2D eigenvalue weighted by molar-refractivity contribution is -0.115. The van der Waals surface area contributed by atoms with Crippen molar-refractivity contribution in [1.29, 1.82) is 0 Å². The van der Waals surface area contributed by atoms with Gasteiger partial charge in [0, 0.05) is 16.8 Å². The summed E-state index contributed by atoms with van der Waals surface area (Å²) in [4.78, 5) is 14.3. The molecular formula is C22H21NO3S2. The molecule has 0 bridgehead atoms.